The lowest BCUT2D eigenvalue weighted by Gasteiger charge is -2.09. The molecular weight excluding hydrogens is 236 g/mol. The van der Waals surface area contributed by atoms with Gasteiger partial charge in [-0.2, -0.15) is 0 Å². The Labute approximate surface area is 114 Å². The average Bonchev–Trinajstić information content (AvgIpc) is 2.40. The van der Waals surface area contributed by atoms with E-state index >= 15 is 0 Å². The van der Waals surface area contributed by atoms with Crippen LogP contribution in [0.3, 0.4) is 0 Å². The van der Waals surface area contributed by atoms with Gasteiger partial charge in [0.2, 0.25) is 0 Å². The Morgan fingerprint density at radius 2 is 1.84 bits per heavy atom. The van der Waals surface area contributed by atoms with E-state index in [1.165, 1.54) is 5.56 Å². The van der Waals surface area contributed by atoms with Gasteiger partial charge in [0.15, 0.2) is 0 Å². The summed E-state index contributed by atoms with van der Waals surface area (Å²) in [5.41, 5.74) is 2.28. The maximum atomic E-state index is 5.80. The molecule has 0 unspecified atom stereocenters. The van der Waals surface area contributed by atoms with E-state index in [1.54, 1.807) is 12.4 Å². The third kappa shape index (κ3) is 3.71. The molecule has 100 valence electrons. The fourth-order valence-corrected chi connectivity index (χ4v) is 1.83. The molecule has 0 fully saturated rings. The fraction of sp³-hybridized carbons (Fsp3) is 0.312. The molecule has 19 heavy (non-hydrogen) atoms. The molecule has 0 bridgehead atoms. The molecule has 0 aliphatic carbocycles. The van der Waals surface area contributed by atoms with E-state index < -0.39 is 0 Å². The van der Waals surface area contributed by atoms with Gasteiger partial charge >= 0.3 is 0 Å². The zero-order chi connectivity index (χ0) is 13.7. The van der Waals surface area contributed by atoms with Crippen molar-refractivity contribution in [2.75, 3.05) is 11.9 Å². The molecule has 0 atom stereocenters. The van der Waals surface area contributed by atoms with Gasteiger partial charge in [0.05, 0.1) is 18.1 Å². The van der Waals surface area contributed by atoms with Crippen LogP contribution in [0.2, 0.25) is 0 Å². The number of aromatic nitrogens is 1. The Kier molecular flexibility index (Phi) is 4.39. The van der Waals surface area contributed by atoms with Crippen molar-refractivity contribution in [3.05, 3.63) is 48.3 Å². The highest BCUT2D eigenvalue weighted by atomic mass is 16.5. The molecule has 0 spiro atoms. The lowest BCUT2D eigenvalue weighted by Crippen LogP contribution is -1.97. The summed E-state index contributed by atoms with van der Waals surface area (Å²) < 4.78 is 5.80. The van der Waals surface area contributed by atoms with Gasteiger partial charge in [-0.3, -0.25) is 4.98 Å². The number of anilines is 1. The Morgan fingerprint density at radius 1 is 1.11 bits per heavy atom. The van der Waals surface area contributed by atoms with Gasteiger partial charge in [0, 0.05) is 12.6 Å². The first-order valence-electron chi connectivity index (χ1n) is 6.65. The molecule has 0 aliphatic heterocycles. The molecule has 1 aromatic heterocycles. The molecule has 0 radical (unpaired) electrons. The van der Waals surface area contributed by atoms with Crippen LogP contribution >= 0.6 is 0 Å². The van der Waals surface area contributed by atoms with Crippen LogP contribution in [0.5, 0.6) is 11.5 Å². The van der Waals surface area contributed by atoms with Crippen molar-refractivity contribution in [3.63, 3.8) is 0 Å². The molecule has 2 rings (SSSR count). The highest BCUT2D eigenvalue weighted by Gasteiger charge is 2.02. The first-order chi connectivity index (χ1) is 9.19. The summed E-state index contributed by atoms with van der Waals surface area (Å²) in [4.78, 5) is 4.16. The molecule has 0 saturated heterocycles. The number of nitrogens with one attached hydrogen (secondary N) is 1. The van der Waals surface area contributed by atoms with Crippen molar-refractivity contribution < 1.29 is 4.74 Å². The van der Waals surface area contributed by atoms with E-state index in [4.69, 9.17) is 4.74 Å². The van der Waals surface area contributed by atoms with Crippen molar-refractivity contribution in [1.82, 2.24) is 4.98 Å². The average molecular weight is 256 g/mol. The summed E-state index contributed by atoms with van der Waals surface area (Å²) in [6.07, 6.45) is 3.51. The molecule has 1 heterocycles. The summed E-state index contributed by atoms with van der Waals surface area (Å²) in [6, 6.07) is 10.1. The van der Waals surface area contributed by atoms with Crippen LogP contribution in [0.1, 0.15) is 32.3 Å². The lowest BCUT2D eigenvalue weighted by molar-refractivity contribution is 0.480. The van der Waals surface area contributed by atoms with Crippen LogP contribution in [0.25, 0.3) is 0 Å². The van der Waals surface area contributed by atoms with Crippen LogP contribution in [0.4, 0.5) is 5.69 Å². The van der Waals surface area contributed by atoms with Crippen molar-refractivity contribution >= 4 is 5.69 Å². The summed E-state index contributed by atoms with van der Waals surface area (Å²) in [7, 11) is 0. The molecule has 0 saturated carbocycles. The van der Waals surface area contributed by atoms with Crippen LogP contribution in [-0.2, 0) is 0 Å². The molecule has 0 aliphatic rings. The van der Waals surface area contributed by atoms with E-state index in [9.17, 15) is 0 Å². The monoisotopic (exact) mass is 256 g/mol. The maximum absolute atomic E-state index is 5.80. The van der Waals surface area contributed by atoms with E-state index in [2.05, 4.69) is 43.2 Å². The Hall–Kier alpha value is -2.03. The predicted octanol–water partition coefficient (Wildman–Crippen LogP) is 4.43. The van der Waals surface area contributed by atoms with Gasteiger partial charge in [0.1, 0.15) is 11.5 Å². The normalized spacial score (nSPS) is 10.5. The second-order valence-corrected chi connectivity index (χ2v) is 4.77. The molecule has 2 aromatic rings. The van der Waals surface area contributed by atoms with Gasteiger partial charge in [-0.1, -0.05) is 26.0 Å². The first kappa shape index (κ1) is 13.4. The largest absolute Gasteiger partial charge is 0.456 e. The quantitative estimate of drug-likeness (QED) is 0.859. The summed E-state index contributed by atoms with van der Waals surface area (Å²) in [6.45, 7) is 7.28. The Balaban J connectivity index is 2.10. The summed E-state index contributed by atoms with van der Waals surface area (Å²) in [5.74, 6) is 2.11. The van der Waals surface area contributed by atoms with Gasteiger partial charge in [-0.15, -0.1) is 0 Å². The van der Waals surface area contributed by atoms with Gasteiger partial charge in [0.25, 0.3) is 0 Å². The lowest BCUT2D eigenvalue weighted by atomic mass is 10.0. The van der Waals surface area contributed by atoms with Gasteiger partial charge in [-0.25, -0.2) is 0 Å². The molecular formula is C16H20N2O. The second kappa shape index (κ2) is 6.23. The zero-order valence-electron chi connectivity index (χ0n) is 11.7. The van der Waals surface area contributed by atoms with Crippen LogP contribution < -0.4 is 10.1 Å². The molecule has 3 heteroatoms. The Morgan fingerprint density at radius 3 is 2.47 bits per heavy atom. The van der Waals surface area contributed by atoms with E-state index in [0.717, 1.165) is 23.7 Å². The predicted molar refractivity (Wildman–Crippen MR) is 79.0 cm³/mol. The van der Waals surface area contributed by atoms with Crippen molar-refractivity contribution in [3.8, 4) is 11.5 Å². The highest BCUT2D eigenvalue weighted by molar-refractivity contribution is 5.46. The zero-order valence-corrected chi connectivity index (χ0v) is 11.7. The molecule has 1 aromatic carbocycles. The minimum atomic E-state index is 0.535. The van der Waals surface area contributed by atoms with Crippen molar-refractivity contribution in [2.24, 2.45) is 0 Å². The number of rotatable bonds is 5. The van der Waals surface area contributed by atoms with Gasteiger partial charge < -0.3 is 10.1 Å². The number of nitrogens with zero attached hydrogens (tertiary/aromatic N) is 1. The first-order valence-corrected chi connectivity index (χ1v) is 6.65. The molecule has 1 N–H and O–H groups in total. The highest BCUT2D eigenvalue weighted by Crippen LogP contribution is 2.25. The summed E-state index contributed by atoms with van der Waals surface area (Å²) >= 11 is 0. The second-order valence-electron chi connectivity index (χ2n) is 4.77. The van der Waals surface area contributed by atoms with Crippen LogP contribution in [0.15, 0.2) is 42.7 Å². The van der Waals surface area contributed by atoms with E-state index in [1.807, 2.05) is 18.2 Å². The standard InChI is InChI=1S/C16H20N2O/c1-4-18-14-9-16(11-17-10-14)19-15-7-5-13(6-8-15)12(2)3/h5-12,18H,4H2,1-3H3. The van der Waals surface area contributed by atoms with Gasteiger partial charge in [-0.05, 0) is 30.5 Å². The Bertz CT molecular complexity index is 521. The van der Waals surface area contributed by atoms with Crippen LogP contribution in [-0.4, -0.2) is 11.5 Å². The summed E-state index contributed by atoms with van der Waals surface area (Å²) in [5, 5.41) is 3.22. The van der Waals surface area contributed by atoms with E-state index in [-0.39, 0.29) is 0 Å². The third-order valence-corrected chi connectivity index (χ3v) is 2.88. The minimum absolute atomic E-state index is 0.535. The smallest absolute Gasteiger partial charge is 0.147 e. The van der Waals surface area contributed by atoms with Crippen LogP contribution in [0, 0.1) is 0 Å². The van der Waals surface area contributed by atoms with Crippen molar-refractivity contribution in [1.29, 1.82) is 0 Å². The number of ether oxygens (including phenoxy) is 1. The fourth-order valence-electron chi connectivity index (χ4n) is 1.83. The van der Waals surface area contributed by atoms with Crippen molar-refractivity contribution in [2.45, 2.75) is 26.7 Å². The third-order valence-electron chi connectivity index (χ3n) is 2.88. The maximum Gasteiger partial charge on any atom is 0.147 e. The van der Waals surface area contributed by atoms with E-state index in [0.29, 0.717) is 5.92 Å². The molecule has 3 nitrogen and oxygen atoms in total. The number of benzene rings is 1. The number of hydrogen-bond donors (Lipinski definition) is 1. The number of hydrogen-bond acceptors (Lipinski definition) is 3. The molecule has 0 amide bonds. The topological polar surface area (TPSA) is 34.2 Å². The number of pyridine rings is 1. The SMILES string of the molecule is CCNc1cncc(Oc2ccc(C(C)C)cc2)c1. The minimum Gasteiger partial charge on any atom is -0.456 e.